The summed E-state index contributed by atoms with van der Waals surface area (Å²) in [5.41, 5.74) is 3.34. The Hall–Kier alpha value is -3.98. The molecule has 3 aromatic rings. The number of amides is 2. The molecule has 2 amide bonds. The molecular formula is C28H35N5O4. The highest BCUT2D eigenvalue weighted by Crippen LogP contribution is 2.24. The Morgan fingerprint density at radius 2 is 1.78 bits per heavy atom. The summed E-state index contributed by atoms with van der Waals surface area (Å²) >= 11 is 0. The summed E-state index contributed by atoms with van der Waals surface area (Å²) in [5.74, 6) is 0.539. The summed E-state index contributed by atoms with van der Waals surface area (Å²) in [7, 11) is 1.96. The summed E-state index contributed by atoms with van der Waals surface area (Å²) < 4.78 is 12.9. The minimum atomic E-state index is -0.493. The van der Waals surface area contributed by atoms with Crippen molar-refractivity contribution in [3.63, 3.8) is 0 Å². The molecule has 0 unspecified atom stereocenters. The van der Waals surface area contributed by atoms with Crippen molar-refractivity contribution in [2.24, 2.45) is 7.05 Å². The molecule has 0 bridgehead atoms. The monoisotopic (exact) mass is 505 g/mol. The number of carbonyl (C=O) groups excluding carboxylic acids is 2. The van der Waals surface area contributed by atoms with Gasteiger partial charge in [-0.3, -0.25) is 15.0 Å². The average Bonchev–Trinajstić information content (AvgIpc) is 3.33. The van der Waals surface area contributed by atoms with Crippen molar-refractivity contribution in [3.05, 3.63) is 78.1 Å². The second-order valence-electron chi connectivity index (χ2n) is 8.86. The van der Waals surface area contributed by atoms with E-state index in [1.807, 2.05) is 79.3 Å². The van der Waals surface area contributed by atoms with Gasteiger partial charge in [0.15, 0.2) is 0 Å². The number of hydrogen-bond acceptors (Lipinski definition) is 6. The lowest BCUT2D eigenvalue weighted by Gasteiger charge is -2.36. The standard InChI is InChI=1S/C28H35N5O4/c1-3-36-26-12-5-4-11-25(26)30-28(35)37-19-18-32-14-16-33(17-15-32)23-9-6-8-22(20-23)27(34)29-21-24-10-7-13-31(24)2/h4-13,20H,3,14-19,21H2,1-2H3,(H,29,34)(H,30,35). The van der Waals surface area contributed by atoms with Gasteiger partial charge in [-0.2, -0.15) is 0 Å². The van der Waals surface area contributed by atoms with Gasteiger partial charge in [0.25, 0.3) is 5.91 Å². The SMILES string of the molecule is CCOc1ccccc1NC(=O)OCCN1CCN(c2cccc(C(=O)NCc3cccn3C)c2)CC1. The number of para-hydroxylation sites is 2. The van der Waals surface area contributed by atoms with E-state index < -0.39 is 6.09 Å². The number of rotatable bonds is 10. The molecule has 2 heterocycles. The second-order valence-corrected chi connectivity index (χ2v) is 8.86. The third-order valence-corrected chi connectivity index (χ3v) is 6.39. The average molecular weight is 506 g/mol. The summed E-state index contributed by atoms with van der Waals surface area (Å²) in [5, 5.41) is 5.74. The van der Waals surface area contributed by atoms with E-state index in [2.05, 4.69) is 20.4 Å². The molecule has 0 saturated carbocycles. The van der Waals surface area contributed by atoms with Crippen molar-refractivity contribution in [1.29, 1.82) is 0 Å². The first kappa shape index (κ1) is 26.1. The first-order chi connectivity index (χ1) is 18.0. The van der Waals surface area contributed by atoms with Gasteiger partial charge in [0.1, 0.15) is 12.4 Å². The van der Waals surface area contributed by atoms with Gasteiger partial charge in [0.05, 0.1) is 18.8 Å². The minimum absolute atomic E-state index is 0.0824. The maximum absolute atomic E-state index is 12.7. The molecule has 0 spiro atoms. The van der Waals surface area contributed by atoms with Crippen LogP contribution in [0.25, 0.3) is 0 Å². The van der Waals surface area contributed by atoms with Crippen LogP contribution in [0, 0.1) is 0 Å². The van der Waals surface area contributed by atoms with Crippen LogP contribution in [0.2, 0.25) is 0 Å². The molecule has 1 fully saturated rings. The van der Waals surface area contributed by atoms with Crippen molar-refractivity contribution >= 4 is 23.4 Å². The molecule has 0 radical (unpaired) electrons. The van der Waals surface area contributed by atoms with Gasteiger partial charge in [-0.1, -0.05) is 18.2 Å². The summed E-state index contributed by atoms with van der Waals surface area (Å²) in [6, 6.07) is 19.0. The zero-order valence-electron chi connectivity index (χ0n) is 21.5. The zero-order chi connectivity index (χ0) is 26.0. The van der Waals surface area contributed by atoms with Gasteiger partial charge in [-0.25, -0.2) is 4.79 Å². The van der Waals surface area contributed by atoms with Crippen LogP contribution >= 0.6 is 0 Å². The second kappa shape index (κ2) is 12.8. The number of piperazine rings is 1. The fourth-order valence-electron chi connectivity index (χ4n) is 4.29. The number of ether oxygens (including phenoxy) is 2. The smallest absolute Gasteiger partial charge is 0.411 e. The molecule has 1 saturated heterocycles. The number of nitrogens with one attached hydrogen (secondary N) is 2. The van der Waals surface area contributed by atoms with E-state index >= 15 is 0 Å². The lowest BCUT2D eigenvalue weighted by molar-refractivity contribution is 0.0950. The Morgan fingerprint density at radius 3 is 2.54 bits per heavy atom. The van der Waals surface area contributed by atoms with Crippen LogP contribution in [0.1, 0.15) is 23.0 Å². The van der Waals surface area contributed by atoms with E-state index in [1.165, 1.54) is 0 Å². The number of nitrogens with zero attached hydrogens (tertiary/aromatic N) is 3. The largest absolute Gasteiger partial charge is 0.492 e. The highest BCUT2D eigenvalue weighted by molar-refractivity contribution is 5.95. The van der Waals surface area contributed by atoms with E-state index in [-0.39, 0.29) is 5.91 Å². The van der Waals surface area contributed by atoms with Crippen LogP contribution in [-0.4, -0.2) is 67.4 Å². The van der Waals surface area contributed by atoms with Gasteiger partial charge < -0.3 is 24.3 Å². The van der Waals surface area contributed by atoms with Gasteiger partial charge in [0, 0.05) is 62.9 Å². The maximum Gasteiger partial charge on any atom is 0.411 e. The molecule has 9 heteroatoms. The number of aryl methyl sites for hydroxylation is 1. The van der Waals surface area contributed by atoms with E-state index in [0.29, 0.717) is 43.3 Å². The molecule has 2 aromatic carbocycles. The number of benzene rings is 2. The lowest BCUT2D eigenvalue weighted by atomic mass is 10.1. The predicted molar refractivity (Wildman–Crippen MR) is 144 cm³/mol. The molecule has 1 aromatic heterocycles. The number of carbonyl (C=O) groups is 2. The normalized spacial score (nSPS) is 13.7. The topological polar surface area (TPSA) is 88.1 Å². The van der Waals surface area contributed by atoms with Gasteiger partial charge >= 0.3 is 6.09 Å². The van der Waals surface area contributed by atoms with Crippen LogP contribution in [0.3, 0.4) is 0 Å². The number of anilines is 2. The molecule has 0 aliphatic carbocycles. The van der Waals surface area contributed by atoms with E-state index in [4.69, 9.17) is 9.47 Å². The minimum Gasteiger partial charge on any atom is -0.492 e. The molecule has 9 nitrogen and oxygen atoms in total. The molecule has 1 aliphatic heterocycles. The van der Waals surface area contributed by atoms with Crippen LogP contribution in [-0.2, 0) is 18.3 Å². The molecule has 37 heavy (non-hydrogen) atoms. The highest BCUT2D eigenvalue weighted by atomic mass is 16.5. The van der Waals surface area contributed by atoms with Crippen molar-refractivity contribution < 1.29 is 19.1 Å². The highest BCUT2D eigenvalue weighted by Gasteiger charge is 2.19. The molecular weight excluding hydrogens is 470 g/mol. The fourth-order valence-corrected chi connectivity index (χ4v) is 4.29. The first-order valence-electron chi connectivity index (χ1n) is 12.6. The van der Waals surface area contributed by atoms with Crippen molar-refractivity contribution in [2.45, 2.75) is 13.5 Å². The van der Waals surface area contributed by atoms with Crippen LogP contribution < -0.4 is 20.3 Å². The lowest BCUT2D eigenvalue weighted by Crippen LogP contribution is -2.47. The summed E-state index contributed by atoms with van der Waals surface area (Å²) in [6.45, 7) is 7.25. The molecule has 2 N–H and O–H groups in total. The molecule has 1 aliphatic rings. The Kier molecular flexibility index (Phi) is 9.04. The van der Waals surface area contributed by atoms with Gasteiger partial charge in [0.2, 0.25) is 0 Å². The quantitative estimate of drug-likeness (QED) is 0.437. The summed E-state index contributed by atoms with van der Waals surface area (Å²) in [4.78, 5) is 29.4. The maximum atomic E-state index is 12.7. The Labute approximate surface area is 218 Å². The molecule has 196 valence electrons. The predicted octanol–water partition coefficient (Wildman–Crippen LogP) is 3.72. The van der Waals surface area contributed by atoms with Gasteiger partial charge in [-0.05, 0) is 49.4 Å². The van der Waals surface area contributed by atoms with E-state index in [0.717, 1.165) is 37.6 Å². The summed E-state index contributed by atoms with van der Waals surface area (Å²) in [6.07, 6.45) is 1.47. The first-order valence-corrected chi connectivity index (χ1v) is 12.6. The van der Waals surface area contributed by atoms with Crippen LogP contribution in [0.5, 0.6) is 5.75 Å². The number of aromatic nitrogens is 1. The Bertz CT molecular complexity index is 1190. The van der Waals surface area contributed by atoms with Crippen LogP contribution in [0.4, 0.5) is 16.2 Å². The Balaban J connectivity index is 1.19. The van der Waals surface area contributed by atoms with Gasteiger partial charge in [-0.15, -0.1) is 0 Å². The fraction of sp³-hybridized carbons (Fsp3) is 0.357. The zero-order valence-corrected chi connectivity index (χ0v) is 21.5. The van der Waals surface area contributed by atoms with E-state index in [1.54, 1.807) is 6.07 Å². The third-order valence-electron chi connectivity index (χ3n) is 6.39. The van der Waals surface area contributed by atoms with Crippen molar-refractivity contribution in [3.8, 4) is 5.75 Å². The third kappa shape index (κ3) is 7.27. The van der Waals surface area contributed by atoms with Crippen molar-refractivity contribution in [2.75, 3.05) is 56.2 Å². The van der Waals surface area contributed by atoms with Crippen LogP contribution in [0.15, 0.2) is 66.9 Å². The molecule has 4 rings (SSSR count). The van der Waals surface area contributed by atoms with Crippen molar-refractivity contribution in [1.82, 2.24) is 14.8 Å². The molecule has 0 atom stereocenters. The van der Waals surface area contributed by atoms with E-state index in [9.17, 15) is 9.59 Å². The Morgan fingerprint density at radius 1 is 0.973 bits per heavy atom. The number of hydrogen-bond donors (Lipinski definition) is 2.